The molecule has 2 aromatic carbocycles. The lowest BCUT2D eigenvalue weighted by Gasteiger charge is -2.09. The number of amides is 1. The fourth-order valence-corrected chi connectivity index (χ4v) is 2.61. The summed E-state index contributed by atoms with van der Waals surface area (Å²) in [5, 5.41) is 21.6. The Labute approximate surface area is 148 Å². The van der Waals surface area contributed by atoms with Gasteiger partial charge in [0, 0.05) is 5.69 Å². The van der Waals surface area contributed by atoms with Crippen LogP contribution in [-0.2, 0) is 11.2 Å². The van der Waals surface area contributed by atoms with E-state index in [-0.39, 0.29) is 11.3 Å². The Hall–Kier alpha value is -2.33. The molecule has 2 rings (SSSR count). The zero-order valence-corrected chi connectivity index (χ0v) is 14.7. The van der Waals surface area contributed by atoms with E-state index in [1.165, 1.54) is 12.1 Å². The summed E-state index contributed by atoms with van der Waals surface area (Å²) < 4.78 is 0.658. The van der Waals surface area contributed by atoms with Crippen molar-refractivity contribution in [3.05, 3.63) is 62.7 Å². The first-order valence-electron chi connectivity index (χ1n) is 7.04. The molecule has 0 atom stereocenters. The molecule has 0 aliphatic rings. The Bertz CT molecular complexity index is 807. The van der Waals surface area contributed by atoms with E-state index in [4.69, 9.17) is 0 Å². The van der Waals surface area contributed by atoms with Crippen molar-refractivity contribution < 1.29 is 9.90 Å². The number of halogens is 1. The minimum absolute atomic E-state index is 0.0115. The minimum Gasteiger partial charge on any atom is -0.507 e. The van der Waals surface area contributed by atoms with E-state index in [1.54, 1.807) is 12.1 Å². The number of anilines is 1. The van der Waals surface area contributed by atoms with Crippen molar-refractivity contribution in [1.82, 2.24) is 0 Å². The number of benzene rings is 2. The first-order valence-corrected chi connectivity index (χ1v) is 8.12. The average molecular weight is 418 g/mol. The van der Waals surface area contributed by atoms with Gasteiger partial charge < -0.3 is 10.4 Å². The summed E-state index contributed by atoms with van der Waals surface area (Å²) in [6.07, 6.45) is 2.30. The van der Waals surface area contributed by atoms with Gasteiger partial charge in [-0.1, -0.05) is 31.2 Å². The second-order valence-electron chi connectivity index (χ2n) is 4.85. The van der Waals surface area contributed by atoms with E-state index in [1.807, 2.05) is 59.8 Å². The van der Waals surface area contributed by atoms with Crippen LogP contribution in [0.25, 0.3) is 6.08 Å². The number of phenolic OH excluding ortho intramolecular Hbond substituents is 1. The fourth-order valence-electron chi connectivity index (χ4n) is 2.07. The van der Waals surface area contributed by atoms with Gasteiger partial charge in [-0.3, -0.25) is 4.79 Å². The normalized spacial score (nSPS) is 10.9. The molecule has 116 valence electrons. The Morgan fingerprint density at radius 1 is 1.35 bits per heavy atom. The second kappa shape index (κ2) is 7.79. The van der Waals surface area contributed by atoms with Crippen LogP contribution in [0, 0.1) is 14.9 Å². The number of carbonyl (C=O) groups excluding carboxylic acids is 1. The summed E-state index contributed by atoms with van der Waals surface area (Å²) >= 11 is 1.99. The third kappa shape index (κ3) is 4.33. The molecule has 0 aliphatic heterocycles. The molecule has 0 aliphatic carbocycles. The van der Waals surface area contributed by atoms with E-state index < -0.39 is 5.91 Å². The molecule has 0 saturated heterocycles. The summed E-state index contributed by atoms with van der Waals surface area (Å²) in [6, 6.07) is 14.3. The molecule has 0 unspecified atom stereocenters. The Kier molecular flexibility index (Phi) is 5.77. The van der Waals surface area contributed by atoms with E-state index in [9.17, 15) is 15.2 Å². The molecule has 0 bridgehead atoms. The lowest BCUT2D eigenvalue weighted by atomic mass is 10.1. The van der Waals surface area contributed by atoms with Crippen molar-refractivity contribution in [3.63, 3.8) is 0 Å². The first kappa shape index (κ1) is 17.0. The lowest BCUT2D eigenvalue weighted by Crippen LogP contribution is -2.14. The molecule has 1 amide bonds. The van der Waals surface area contributed by atoms with Gasteiger partial charge in [-0.05, 0) is 64.4 Å². The number of aryl methyl sites for hydroxylation is 1. The van der Waals surface area contributed by atoms with Crippen LogP contribution < -0.4 is 5.32 Å². The van der Waals surface area contributed by atoms with Crippen LogP contribution in [0.1, 0.15) is 18.1 Å². The van der Waals surface area contributed by atoms with Crippen LogP contribution in [0.15, 0.2) is 48.0 Å². The van der Waals surface area contributed by atoms with Crippen LogP contribution >= 0.6 is 22.6 Å². The molecule has 23 heavy (non-hydrogen) atoms. The molecule has 4 nitrogen and oxygen atoms in total. The van der Waals surface area contributed by atoms with Crippen molar-refractivity contribution in [3.8, 4) is 11.8 Å². The number of aromatic hydroxyl groups is 1. The SMILES string of the molecule is CCc1ccccc1NC(=O)/C(C#N)=C\c1ccc(O)c(I)c1. The van der Waals surface area contributed by atoms with E-state index in [0.29, 0.717) is 14.8 Å². The number of phenols is 1. The Morgan fingerprint density at radius 2 is 2.09 bits per heavy atom. The maximum Gasteiger partial charge on any atom is 0.266 e. The lowest BCUT2D eigenvalue weighted by molar-refractivity contribution is -0.112. The van der Waals surface area contributed by atoms with Crippen LogP contribution in [0.5, 0.6) is 5.75 Å². The zero-order valence-electron chi connectivity index (χ0n) is 12.5. The summed E-state index contributed by atoms with van der Waals surface area (Å²) in [5.74, 6) is -0.279. The van der Waals surface area contributed by atoms with Gasteiger partial charge in [0.05, 0.1) is 3.57 Å². The molecular weight excluding hydrogens is 403 g/mol. The molecule has 0 radical (unpaired) electrons. The highest BCUT2D eigenvalue weighted by molar-refractivity contribution is 14.1. The number of carbonyl (C=O) groups is 1. The third-order valence-corrected chi connectivity index (χ3v) is 4.16. The topological polar surface area (TPSA) is 73.1 Å². The number of para-hydroxylation sites is 1. The third-order valence-electron chi connectivity index (χ3n) is 3.29. The average Bonchev–Trinajstić information content (AvgIpc) is 2.56. The molecule has 0 spiro atoms. The molecule has 0 heterocycles. The number of nitriles is 1. The van der Waals surface area contributed by atoms with Gasteiger partial charge in [-0.2, -0.15) is 5.26 Å². The summed E-state index contributed by atoms with van der Waals surface area (Å²) in [4.78, 5) is 12.3. The van der Waals surface area contributed by atoms with Gasteiger partial charge in [0.25, 0.3) is 5.91 Å². The van der Waals surface area contributed by atoms with Gasteiger partial charge in [0.15, 0.2) is 0 Å². The quantitative estimate of drug-likeness (QED) is 0.446. The monoisotopic (exact) mass is 418 g/mol. The highest BCUT2D eigenvalue weighted by atomic mass is 127. The minimum atomic E-state index is -0.448. The van der Waals surface area contributed by atoms with Crippen molar-refractivity contribution in [2.75, 3.05) is 5.32 Å². The number of nitrogens with zero attached hydrogens (tertiary/aromatic N) is 1. The van der Waals surface area contributed by atoms with E-state index >= 15 is 0 Å². The molecule has 0 saturated carbocycles. The van der Waals surface area contributed by atoms with E-state index in [0.717, 1.165) is 12.0 Å². The predicted octanol–water partition coefficient (Wildman–Crippen LogP) is 4.10. The summed E-state index contributed by atoms with van der Waals surface area (Å²) in [6.45, 7) is 2.00. The maximum absolute atomic E-state index is 12.3. The molecule has 0 fully saturated rings. The van der Waals surface area contributed by atoms with Crippen LogP contribution in [0.2, 0.25) is 0 Å². The highest BCUT2D eigenvalue weighted by Gasteiger charge is 2.11. The predicted molar refractivity (Wildman–Crippen MR) is 98.9 cm³/mol. The zero-order chi connectivity index (χ0) is 16.8. The molecular formula is C18H15IN2O2. The van der Waals surface area contributed by atoms with Crippen LogP contribution in [0.3, 0.4) is 0 Å². The summed E-state index contributed by atoms with van der Waals surface area (Å²) in [5.41, 5.74) is 2.42. The van der Waals surface area contributed by atoms with Crippen molar-refractivity contribution >= 4 is 40.3 Å². The van der Waals surface area contributed by atoms with E-state index in [2.05, 4.69) is 5.32 Å². The highest BCUT2D eigenvalue weighted by Crippen LogP contribution is 2.22. The van der Waals surface area contributed by atoms with Crippen LogP contribution in [0.4, 0.5) is 5.69 Å². The maximum atomic E-state index is 12.3. The van der Waals surface area contributed by atoms with Gasteiger partial charge in [-0.15, -0.1) is 0 Å². The van der Waals surface area contributed by atoms with Gasteiger partial charge >= 0.3 is 0 Å². The van der Waals surface area contributed by atoms with Gasteiger partial charge in [-0.25, -0.2) is 0 Å². The second-order valence-corrected chi connectivity index (χ2v) is 6.01. The first-order chi connectivity index (χ1) is 11.0. The van der Waals surface area contributed by atoms with Crippen LogP contribution in [-0.4, -0.2) is 11.0 Å². The van der Waals surface area contributed by atoms with Crippen molar-refractivity contribution in [1.29, 1.82) is 5.26 Å². The van der Waals surface area contributed by atoms with Gasteiger partial charge in [0.2, 0.25) is 0 Å². The molecule has 2 aromatic rings. The smallest absolute Gasteiger partial charge is 0.266 e. The molecule has 0 aromatic heterocycles. The number of hydrogen-bond acceptors (Lipinski definition) is 3. The molecule has 5 heteroatoms. The Morgan fingerprint density at radius 3 is 2.74 bits per heavy atom. The summed E-state index contributed by atoms with van der Waals surface area (Å²) in [7, 11) is 0. The van der Waals surface area contributed by atoms with Crippen molar-refractivity contribution in [2.24, 2.45) is 0 Å². The largest absolute Gasteiger partial charge is 0.507 e. The number of nitrogens with one attached hydrogen (secondary N) is 1. The number of hydrogen-bond donors (Lipinski definition) is 2. The van der Waals surface area contributed by atoms with Crippen molar-refractivity contribution in [2.45, 2.75) is 13.3 Å². The molecule has 2 N–H and O–H groups in total. The fraction of sp³-hybridized carbons (Fsp3) is 0.111. The standard InChI is InChI=1S/C18H15IN2O2/c1-2-13-5-3-4-6-16(13)21-18(23)14(11-20)9-12-7-8-17(22)15(19)10-12/h3-10,22H,2H2,1H3,(H,21,23)/b14-9-. The van der Waals surface area contributed by atoms with Gasteiger partial charge in [0.1, 0.15) is 17.4 Å². The Balaban J connectivity index is 2.26. The number of rotatable bonds is 4.